The third kappa shape index (κ3) is 2.45. The SMILES string of the molecule is CC(C(N)=O)C(N)=NCN. The first kappa shape index (κ1) is 8.90. The molecule has 5 heteroatoms. The van der Waals surface area contributed by atoms with Gasteiger partial charge in [0.25, 0.3) is 0 Å². The van der Waals surface area contributed by atoms with Crippen LogP contribution in [0.3, 0.4) is 0 Å². The minimum absolute atomic E-state index is 0.0868. The molecule has 0 aromatic heterocycles. The first-order valence-corrected chi connectivity index (χ1v) is 2.88. The van der Waals surface area contributed by atoms with Gasteiger partial charge in [-0.3, -0.25) is 9.79 Å². The molecule has 10 heavy (non-hydrogen) atoms. The predicted octanol–water partition coefficient (Wildman–Crippen LogP) is -1.62. The van der Waals surface area contributed by atoms with E-state index in [1.54, 1.807) is 6.92 Å². The number of aliphatic imine (C=N–C) groups is 1. The fraction of sp³-hybridized carbons (Fsp3) is 0.600. The lowest BCUT2D eigenvalue weighted by Gasteiger charge is -2.04. The fourth-order valence-corrected chi connectivity index (χ4v) is 0.388. The lowest BCUT2D eigenvalue weighted by Crippen LogP contribution is -2.33. The molecule has 0 saturated carbocycles. The van der Waals surface area contributed by atoms with Crippen molar-refractivity contribution in [3.63, 3.8) is 0 Å². The number of carbonyl (C=O) groups is 1. The van der Waals surface area contributed by atoms with Crippen molar-refractivity contribution in [3.8, 4) is 0 Å². The quantitative estimate of drug-likeness (QED) is 0.327. The molecule has 1 unspecified atom stereocenters. The van der Waals surface area contributed by atoms with E-state index in [4.69, 9.17) is 17.2 Å². The second-order valence-corrected chi connectivity index (χ2v) is 1.89. The molecule has 0 fully saturated rings. The molecule has 0 radical (unpaired) electrons. The molecule has 5 nitrogen and oxygen atoms in total. The summed E-state index contributed by atoms with van der Waals surface area (Å²) in [4.78, 5) is 14.1. The Labute approximate surface area is 59.3 Å². The summed E-state index contributed by atoms with van der Waals surface area (Å²) < 4.78 is 0. The summed E-state index contributed by atoms with van der Waals surface area (Å²) in [6, 6.07) is 0. The molecule has 0 aliphatic carbocycles. The molecule has 0 spiro atoms. The molecule has 0 heterocycles. The smallest absolute Gasteiger partial charge is 0.227 e. The molecule has 1 atom stereocenters. The molecular formula is C5H12N4O. The molecule has 0 aromatic rings. The highest BCUT2D eigenvalue weighted by molar-refractivity contribution is 6.01. The fourth-order valence-electron chi connectivity index (χ4n) is 0.388. The van der Waals surface area contributed by atoms with Gasteiger partial charge in [0, 0.05) is 0 Å². The number of nitrogens with two attached hydrogens (primary N) is 3. The van der Waals surface area contributed by atoms with Gasteiger partial charge in [-0.05, 0) is 6.92 Å². The van der Waals surface area contributed by atoms with Crippen LogP contribution in [0.1, 0.15) is 6.92 Å². The van der Waals surface area contributed by atoms with Crippen LogP contribution < -0.4 is 17.2 Å². The lowest BCUT2D eigenvalue weighted by molar-refractivity contribution is -0.119. The summed E-state index contributed by atoms with van der Waals surface area (Å²) >= 11 is 0. The van der Waals surface area contributed by atoms with Gasteiger partial charge in [0.1, 0.15) is 5.84 Å². The summed E-state index contributed by atoms with van der Waals surface area (Å²) in [5.41, 5.74) is 15.3. The number of amides is 1. The summed E-state index contributed by atoms with van der Waals surface area (Å²) in [6.07, 6.45) is 0. The molecule has 0 aliphatic heterocycles. The molecule has 58 valence electrons. The molecule has 0 rings (SSSR count). The van der Waals surface area contributed by atoms with Crippen molar-refractivity contribution in [2.24, 2.45) is 28.1 Å². The van der Waals surface area contributed by atoms with E-state index in [2.05, 4.69) is 4.99 Å². The highest BCUT2D eigenvalue weighted by Gasteiger charge is 2.11. The van der Waals surface area contributed by atoms with E-state index in [1.165, 1.54) is 0 Å². The topological polar surface area (TPSA) is 107 Å². The number of primary amides is 1. The van der Waals surface area contributed by atoms with Crippen LogP contribution in [0.4, 0.5) is 0 Å². The molecule has 6 N–H and O–H groups in total. The standard InChI is InChI=1S/C5H12N4O/c1-3(5(8)10)4(7)9-2-6/h3H,2,6H2,1H3,(H2,7,9)(H2,8,10). The van der Waals surface area contributed by atoms with Gasteiger partial charge in [0.2, 0.25) is 5.91 Å². The van der Waals surface area contributed by atoms with E-state index in [1.807, 2.05) is 0 Å². The van der Waals surface area contributed by atoms with Crippen LogP contribution in [0, 0.1) is 5.92 Å². The Morgan fingerprint density at radius 3 is 2.40 bits per heavy atom. The highest BCUT2D eigenvalue weighted by atomic mass is 16.1. The van der Waals surface area contributed by atoms with Crippen LogP contribution >= 0.6 is 0 Å². The Morgan fingerprint density at radius 2 is 2.10 bits per heavy atom. The summed E-state index contributed by atoms with van der Waals surface area (Å²) in [6.45, 7) is 1.67. The zero-order chi connectivity index (χ0) is 8.15. The number of hydrogen-bond donors (Lipinski definition) is 3. The largest absolute Gasteiger partial charge is 0.387 e. The third-order valence-corrected chi connectivity index (χ3v) is 1.14. The second kappa shape index (κ2) is 3.84. The van der Waals surface area contributed by atoms with Gasteiger partial charge < -0.3 is 17.2 Å². The van der Waals surface area contributed by atoms with Gasteiger partial charge in [-0.25, -0.2) is 0 Å². The minimum Gasteiger partial charge on any atom is -0.387 e. The minimum atomic E-state index is -0.524. The maximum atomic E-state index is 10.4. The first-order valence-electron chi connectivity index (χ1n) is 2.88. The van der Waals surface area contributed by atoms with Gasteiger partial charge in [0.05, 0.1) is 12.6 Å². The zero-order valence-corrected chi connectivity index (χ0v) is 5.87. The normalized spacial score (nSPS) is 14.8. The van der Waals surface area contributed by atoms with E-state index in [0.717, 1.165) is 0 Å². The number of amidine groups is 1. The molecule has 0 bridgehead atoms. The van der Waals surface area contributed by atoms with Crippen LogP contribution in [-0.2, 0) is 4.79 Å². The second-order valence-electron chi connectivity index (χ2n) is 1.89. The Bertz CT molecular complexity index is 154. The van der Waals surface area contributed by atoms with Gasteiger partial charge >= 0.3 is 0 Å². The van der Waals surface area contributed by atoms with Crippen LogP contribution in [0.15, 0.2) is 4.99 Å². The average molecular weight is 144 g/mol. The summed E-state index contributed by atoms with van der Waals surface area (Å²) in [5.74, 6) is -0.826. The Morgan fingerprint density at radius 1 is 1.60 bits per heavy atom. The van der Waals surface area contributed by atoms with Crippen molar-refractivity contribution in [1.82, 2.24) is 0 Å². The number of rotatable bonds is 3. The summed E-state index contributed by atoms with van der Waals surface area (Å²) in [5, 5.41) is 0. The third-order valence-electron chi connectivity index (χ3n) is 1.14. The van der Waals surface area contributed by atoms with Gasteiger partial charge in [-0.1, -0.05) is 0 Å². The molecule has 0 aromatic carbocycles. The maximum Gasteiger partial charge on any atom is 0.227 e. The highest BCUT2D eigenvalue weighted by Crippen LogP contribution is 1.91. The maximum absolute atomic E-state index is 10.4. The molecule has 0 aliphatic rings. The molecular weight excluding hydrogens is 132 g/mol. The van der Waals surface area contributed by atoms with Gasteiger partial charge in [-0.2, -0.15) is 0 Å². The number of hydrogen-bond acceptors (Lipinski definition) is 3. The molecule has 1 amide bonds. The van der Waals surface area contributed by atoms with Gasteiger partial charge in [-0.15, -0.1) is 0 Å². The van der Waals surface area contributed by atoms with Crippen molar-refractivity contribution >= 4 is 11.7 Å². The van der Waals surface area contributed by atoms with E-state index in [9.17, 15) is 4.79 Å². The van der Waals surface area contributed by atoms with Crippen LogP contribution in [-0.4, -0.2) is 18.4 Å². The van der Waals surface area contributed by atoms with E-state index in [0.29, 0.717) is 0 Å². The van der Waals surface area contributed by atoms with Gasteiger partial charge in [0.15, 0.2) is 0 Å². The first-order chi connectivity index (χ1) is 4.59. The summed E-state index contributed by atoms with van der Waals surface area (Å²) in [7, 11) is 0. The zero-order valence-electron chi connectivity index (χ0n) is 5.87. The van der Waals surface area contributed by atoms with Crippen molar-refractivity contribution < 1.29 is 4.79 Å². The lowest BCUT2D eigenvalue weighted by atomic mass is 10.1. The van der Waals surface area contributed by atoms with Crippen molar-refractivity contribution in [3.05, 3.63) is 0 Å². The van der Waals surface area contributed by atoms with Crippen LogP contribution in [0.2, 0.25) is 0 Å². The molecule has 0 saturated heterocycles. The van der Waals surface area contributed by atoms with E-state index >= 15 is 0 Å². The average Bonchev–Trinajstić information content (AvgIpc) is 1.87. The Hall–Kier alpha value is -1.10. The van der Waals surface area contributed by atoms with Crippen molar-refractivity contribution in [2.45, 2.75) is 6.92 Å². The number of carbonyl (C=O) groups excluding carboxylic acids is 1. The number of nitrogens with zero attached hydrogens (tertiary/aromatic N) is 1. The Kier molecular flexibility index (Phi) is 3.42. The monoisotopic (exact) mass is 144 g/mol. The van der Waals surface area contributed by atoms with Crippen molar-refractivity contribution in [1.29, 1.82) is 0 Å². The van der Waals surface area contributed by atoms with E-state index in [-0.39, 0.29) is 12.5 Å². The predicted molar refractivity (Wildman–Crippen MR) is 39.0 cm³/mol. The van der Waals surface area contributed by atoms with Crippen LogP contribution in [0.25, 0.3) is 0 Å². The Balaban J connectivity index is 4.06. The van der Waals surface area contributed by atoms with E-state index < -0.39 is 11.8 Å². The van der Waals surface area contributed by atoms with Crippen LogP contribution in [0.5, 0.6) is 0 Å². The van der Waals surface area contributed by atoms with Crippen molar-refractivity contribution in [2.75, 3.05) is 6.67 Å².